The number of carbonyl (C=O) groups is 2. The monoisotopic (exact) mass is 636 g/mol. The molecule has 2 aliphatic rings. The van der Waals surface area contributed by atoms with Gasteiger partial charge in [0.25, 0.3) is 5.56 Å². The van der Waals surface area contributed by atoms with Crippen molar-refractivity contribution in [2.45, 2.75) is 37.6 Å². The van der Waals surface area contributed by atoms with Crippen LogP contribution in [0.3, 0.4) is 0 Å². The number of pyridine rings is 1. The first kappa shape index (κ1) is 29.8. The van der Waals surface area contributed by atoms with Gasteiger partial charge in [0.05, 0.1) is 42.8 Å². The zero-order valence-electron chi connectivity index (χ0n) is 24.1. The Morgan fingerprint density at radius 2 is 1.91 bits per heavy atom. The summed E-state index contributed by atoms with van der Waals surface area (Å²) in [5.74, 6) is -0.263. The number of amides is 2. The second-order valence-electron chi connectivity index (χ2n) is 11.3. The summed E-state index contributed by atoms with van der Waals surface area (Å²) in [4.78, 5) is 49.9. The van der Waals surface area contributed by atoms with Crippen molar-refractivity contribution in [1.29, 1.82) is 0 Å². The van der Waals surface area contributed by atoms with E-state index in [0.717, 1.165) is 5.56 Å². The van der Waals surface area contributed by atoms with Gasteiger partial charge < -0.3 is 15.0 Å². The summed E-state index contributed by atoms with van der Waals surface area (Å²) in [5.41, 5.74) is 2.45. The van der Waals surface area contributed by atoms with Crippen molar-refractivity contribution in [3.63, 3.8) is 0 Å². The highest BCUT2D eigenvalue weighted by atomic mass is 35.5. The van der Waals surface area contributed by atoms with Gasteiger partial charge in [0.1, 0.15) is 0 Å². The average molecular weight is 638 g/mol. The second-order valence-corrected chi connectivity index (χ2v) is 12.1. The molecule has 6 rings (SSSR count). The molecule has 1 saturated heterocycles. The van der Waals surface area contributed by atoms with E-state index >= 15 is 0 Å². The summed E-state index contributed by atoms with van der Waals surface area (Å²) < 4.78 is 7.99. The fourth-order valence-corrected chi connectivity index (χ4v) is 6.27. The number of rotatable bonds is 3. The van der Waals surface area contributed by atoms with Crippen molar-refractivity contribution in [1.82, 2.24) is 39.7 Å². The molecule has 2 bridgehead atoms. The number of fused-ring (bicyclic) bond motifs is 3. The third-order valence-corrected chi connectivity index (χ3v) is 8.84. The number of methoxy groups -OCH3 is 1. The number of aromatic nitrogens is 6. The van der Waals surface area contributed by atoms with E-state index < -0.39 is 17.6 Å². The van der Waals surface area contributed by atoms with Crippen molar-refractivity contribution in [2.24, 2.45) is 5.92 Å². The topological polar surface area (TPSA) is 137 Å². The second kappa shape index (κ2) is 12.0. The normalized spacial score (nSPS) is 19.8. The van der Waals surface area contributed by atoms with Crippen molar-refractivity contribution < 1.29 is 14.3 Å². The largest absolute Gasteiger partial charge is 0.453 e. The molecule has 0 aliphatic carbocycles. The van der Waals surface area contributed by atoms with Crippen LogP contribution in [0.5, 0.6) is 0 Å². The molecule has 3 aromatic heterocycles. The highest BCUT2D eigenvalue weighted by molar-refractivity contribution is 6.31. The molecular formula is C30H30Cl2N8O4. The Balaban J connectivity index is 1.39. The average Bonchev–Trinajstić information content (AvgIpc) is 3.44. The smallest absolute Gasteiger partial charge is 0.409 e. The number of hydrogen-bond donors (Lipinski definition) is 1. The van der Waals surface area contributed by atoms with Crippen LogP contribution in [-0.2, 0) is 14.9 Å². The van der Waals surface area contributed by atoms with E-state index in [1.165, 1.54) is 24.2 Å². The van der Waals surface area contributed by atoms with Crippen molar-refractivity contribution in [3.05, 3.63) is 86.9 Å². The van der Waals surface area contributed by atoms with E-state index in [-0.39, 0.29) is 22.5 Å². The zero-order chi connectivity index (χ0) is 31.0. The lowest BCUT2D eigenvalue weighted by Crippen LogP contribution is -2.65. The summed E-state index contributed by atoms with van der Waals surface area (Å²) in [6, 6.07) is 10.1. The van der Waals surface area contributed by atoms with Gasteiger partial charge in [-0.3, -0.25) is 19.1 Å². The Kier molecular flexibility index (Phi) is 8.12. The van der Waals surface area contributed by atoms with E-state index in [2.05, 4.69) is 25.6 Å². The number of hydrogen-bond acceptors (Lipinski definition) is 8. The first-order valence-corrected chi connectivity index (χ1v) is 15.0. The number of benzene rings is 1. The highest BCUT2D eigenvalue weighted by Crippen LogP contribution is 2.37. The van der Waals surface area contributed by atoms with Crippen LogP contribution in [0.1, 0.15) is 43.5 Å². The molecule has 2 amide bonds. The van der Waals surface area contributed by atoms with Crippen LogP contribution >= 0.6 is 23.2 Å². The molecule has 1 aromatic carbocycles. The predicted molar refractivity (Wildman–Crippen MR) is 163 cm³/mol. The first-order chi connectivity index (χ1) is 21.2. The van der Waals surface area contributed by atoms with E-state index in [4.69, 9.17) is 27.9 Å². The molecule has 5 heterocycles. The minimum atomic E-state index is -0.509. The Morgan fingerprint density at radius 3 is 2.64 bits per heavy atom. The SMILES string of the molecule is COC(=O)N1CC2(CNC(=O)[C@H](C)CCC[C@H](n3cnc(-c4cc(Cl)ccc4-n4cc(Cl)nn4)cc3=O)c3cc2ccn3)C1. The molecule has 0 saturated carbocycles. The molecule has 1 spiro atoms. The maximum atomic E-state index is 13.8. The molecule has 14 heteroatoms. The third-order valence-electron chi connectivity index (χ3n) is 8.44. The van der Waals surface area contributed by atoms with Gasteiger partial charge >= 0.3 is 6.09 Å². The standard InChI is InChI=1S/C30H30Cl2N8O4/c1-18-4-3-5-25(23-10-19(8-9-33-23)30(14-34-28(18)42)15-38(16-30)29(43)44-2)39-17-35-22(12-27(39)41)21-11-20(31)6-7-24(21)40-13-26(32)36-37-40/h6-13,17-18,25H,3-5,14-16H2,1-2H3,(H,34,42)/t18-,25+/m1/s1. The van der Waals surface area contributed by atoms with Gasteiger partial charge in [-0.1, -0.05) is 41.8 Å². The van der Waals surface area contributed by atoms with Gasteiger partial charge in [0, 0.05) is 53.8 Å². The maximum Gasteiger partial charge on any atom is 0.409 e. The number of carbonyl (C=O) groups excluding carboxylic acids is 2. The van der Waals surface area contributed by atoms with Crippen LogP contribution in [0.15, 0.2) is 59.9 Å². The molecular weight excluding hydrogens is 607 g/mol. The minimum Gasteiger partial charge on any atom is -0.453 e. The third kappa shape index (κ3) is 5.67. The number of halogens is 2. The molecule has 0 unspecified atom stereocenters. The lowest BCUT2D eigenvalue weighted by Gasteiger charge is -2.50. The number of nitrogens with one attached hydrogen (secondary N) is 1. The van der Waals surface area contributed by atoms with Gasteiger partial charge in [-0.15, -0.1) is 5.10 Å². The quantitative estimate of drug-likeness (QED) is 0.356. The molecule has 12 nitrogen and oxygen atoms in total. The lowest BCUT2D eigenvalue weighted by molar-refractivity contribution is -0.125. The van der Waals surface area contributed by atoms with Gasteiger partial charge in [-0.05, 0) is 48.7 Å². The molecule has 44 heavy (non-hydrogen) atoms. The Morgan fingerprint density at radius 1 is 1.09 bits per heavy atom. The van der Waals surface area contributed by atoms with E-state index in [1.54, 1.807) is 40.1 Å². The Labute approximate surface area is 263 Å². The zero-order valence-corrected chi connectivity index (χ0v) is 25.6. The van der Waals surface area contributed by atoms with Crippen LogP contribution in [0, 0.1) is 5.92 Å². The summed E-state index contributed by atoms with van der Waals surface area (Å²) in [5, 5.41) is 11.7. The van der Waals surface area contributed by atoms with Gasteiger partial charge in [0.15, 0.2) is 5.15 Å². The van der Waals surface area contributed by atoms with Crippen molar-refractivity contribution in [3.8, 4) is 16.9 Å². The van der Waals surface area contributed by atoms with Crippen LogP contribution < -0.4 is 10.9 Å². The number of ether oxygens (including phenoxy) is 1. The van der Waals surface area contributed by atoms with E-state index in [0.29, 0.717) is 66.6 Å². The van der Waals surface area contributed by atoms with E-state index in [9.17, 15) is 14.4 Å². The summed E-state index contributed by atoms with van der Waals surface area (Å²) in [7, 11) is 1.35. The minimum absolute atomic E-state index is 0.0403. The molecule has 228 valence electrons. The molecule has 1 fully saturated rings. The van der Waals surface area contributed by atoms with Crippen LogP contribution in [0.2, 0.25) is 10.2 Å². The van der Waals surface area contributed by atoms with Crippen LogP contribution in [0.25, 0.3) is 16.9 Å². The predicted octanol–water partition coefficient (Wildman–Crippen LogP) is 4.04. The fourth-order valence-electron chi connectivity index (χ4n) is 5.97. The number of nitrogens with zero attached hydrogens (tertiary/aromatic N) is 7. The highest BCUT2D eigenvalue weighted by Gasteiger charge is 2.47. The number of likely N-dealkylation sites (tertiary alicyclic amines) is 1. The Hall–Kier alpha value is -4.29. The summed E-state index contributed by atoms with van der Waals surface area (Å²) in [6.45, 7) is 3.04. The van der Waals surface area contributed by atoms with Gasteiger partial charge in [-0.2, -0.15) is 0 Å². The van der Waals surface area contributed by atoms with Crippen molar-refractivity contribution >= 4 is 35.2 Å². The van der Waals surface area contributed by atoms with E-state index in [1.807, 2.05) is 19.1 Å². The lowest BCUT2D eigenvalue weighted by atomic mass is 9.73. The van der Waals surface area contributed by atoms with Crippen LogP contribution in [-0.4, -0.2) is 73.2 Å². The van der Waals surface area contributed by atoms with Crippen LogP contribution in [0.4, 0.5) is 4.79 Å². The first-order valence-electron chi connectivity index (χ1n) is 14.2. The molecule has 0 radical (unpaired) electrons. The van der Waals surface area contributed by atoms with Gasteiger partial charge in [-0.25, -0.2) is 14.5 Å². The van der Waals surface area contributed by atoms with Gasteiger partial charge in [0.2, 0.25) is 5.91 Å². The molecule has 2 atom stereocenters. The fraction of sp³-hybridized carbons (Fsp3) is 0.367. The summed E-state index contributed by atoms with van der Waals surface area (Å²) in [6.07, 6.45) is 6.26. The summed E-state index contributed by atoms with van der Waals surface area (Å²) >= 11 is 12.3. The maximum absolute atomic E-state index is 13.8. The van der Waals surface area contributed by atoms with Crippen molar-refractivity contribution in [2.75, 3.05) is 26.7 Å². The molecule has 1 N–H and O–H groups in total. The molecule has 4 aromatic rings. The molecule has 2 aliphatic heterocycles. The Bertz CT molecular complexity index is 1780.